The molecule has 0 spiro atoms. The zero-order valence-corrected chi connectivity index (χ0v) is 26.8. The fourth-order valence-electron chi connectivity index (χ4n) is 6.16. The molecule has 0 amide bonds. The fourth-order valence-corrected chi connectivity index (χ4v) is 6.16. The molecule has 0 aliphatic heterocycles. The molecule has 1 aromatic rings. The molecular weight excluding hydrogens is 460 g/mol. The third kappa shape index (κ3) is 19.3. The fraction of sp³-hybridized carbons (Fsp3) is 0.917. The van der Waals surface area contributed by atoms with Crippen LogP contribution in [-0.2, 0) is 0 Å². The first-order valence-corrected chi connectivity index (χ1v) is 17.8. The largest absolute Gasteiger partial charge is 0.257 e. The molecule has 2 atom stereocenters. The Morgan fingerprint density at radius 2 is 0.842 bits per heavy atom. The number of imidazole rings is 1. The van der Waals surface area contributed by atoms with Crippen LogP contribution in [0.15, 0.2) is 12.4 Å². The van der Waals surface area contributed by atoms with Gasteiger partial charge in [0.15, 0.2) is 0 Å². The summed E-state index contributed by atoms with van der Waals surface area (Å²) in [6, 6.07) is 0.619. The smallest absolute Gasteiger partial charge is 0.247 e. The highest BCUT2D eigenvalue weighted by Crippen LogP contribution is 2.21. The van der Waals surface area contributed by atoms with Crippen molar-refractivity contribution < 1.29 is 4.57 Å². The number of aromatic amines is 1. The van der Waals surface area contributed by atoms with E-state index in [9.17, 15) is 0 Å². The molecule has 0 aliphatic rings. The van der Waals surface area contributed by atoms with Crippen LogP contribution in [0.2, 0.25) is 0 Å². The van der Waals surface area contributed by atoms with Gasteiger partial charge in [-0.1, -0.05) is 175 Å². The van der Waals surface area contributed by atoms with E-state index < -0.39 is 0 Å². The van der Waals surface area contributed by atoms with Crippen molar-refractivity contribution >= 4 is 0 Å². The summed E-state index contributed by atoms with van der Waals surface area (Å²) < 4.78 is 2.55. The summed E-state index contributed by atoms with van der Waals surface area (Å²) in [5, 5.41) is 0. The maximum atomic E-state index is 3.59. The van der Waals surface area contributed by atoms with E-state index in [1.165, 1.54) is 179 Å². The third-order valence-electron chi connectivity index (χ3n) is 8.90. The van der Waals surface area contributed by atoms with Gasteiger partial charge in [0.2, 0.25) is 0 Å². The maximum Gasteiger partial charge on any atom is 0.257 e. The molecule has 2 heteroatoms. The van der Waals surface area contributed by atoms with Crippen LogP contribution in [-0.4, -0.2) is 4.98 Å². The van der Waals surface area contributed by atoms with Crippen LogP contribution in [0.25, 0.3) is 0 Å². The van der Waals surface area contributed by atoms with E-state index in [4.69, 9.17) is 0 Å². The van der Waals surface area contributed by atoms with E-state index in [0.717, 1.165) is 0 Å². The summed E-state index contributed by atoms with van der Waals surface area (Å²) in [5.74, 6) is 2.09. The lowest BCUT2D eigenvalue weighted by Gasteiger charge is -2.14. The minimum Gasteiger partial charge on any atom is -0.247 e. The van der Waals surface area contributed by atoms with Crippen molar-refractivity contribution in [2.75, 3.05) is 0 Å². The molecule has 0 aromatic carbocycles. The van der Waals surface area contributed by atoms with E-state index in [1.54, 1.807) is 0 Å². The first kappa shape index (κ1) is 35.2. The van der Waals surface area contributed by atoms with Crippen molar-refractivity contribution in [2.45, 2.75) is 213 Å². The highest BCUT2D eigenvalue weighted by atomic mass is 15.1. The Balaban J connectivity index is 2.01. The Bertz CT molecular complexity index is 592. The summed E-state index contributed by atoms with van der Waals surface area (Å²) in [6.45, 7) is 9.46. The molecule has 0 radical (unpaired) electrons. The van der Waals surface area contributed by atoms with Crippen molar-refractivity contribution in [3.05, 3.63) is 18.2 Å². The van der Waals surface area contributed by atoms with Gasteiger partial charge in [0.1, 0.15) is 12.4 Å². The SMILES string of the molecule is CCCCCCCCCCCCCCCCC(C)c1[nH]cc[n+]1C(C)CCCCCCCCCCCCC. The van der Waals surface area contributed by atoms with E-state index >= 15 is 0 Å². The van der Waals surface area contributed by atoms with Crippen LogP contribution < -0.4 is 4.57 Å². The first-order chi connectivity index (χ1) is 18.7. The van der Waals surface area contributed by atoms with Crippen LogP contribution in [0, 0.1) is 0 Å². The standard InChI is InChI=1S/C36H70N2/c1-5-7-9-11-13-15-17-18-19-21-22-24-26-28-30-34(3)36-37-32-33-38(36)35(4)31-29-27-25-23-20-16-14-12-10-8-6-2/h32-35H,5-31H2,1-4H3/p+1. The number of unbranched alkanes of at least 4 members (excludes halogenated alkanes) is 23. The molecule has 1 rings (SSSR count). The molecule has 2 nitrogen and oxygen atoms in total. The Morgan fingerprint density at radius 1 is 0.500 bits per heavy atom. The Kier molecular flexibility index (Phi) is 24.5. The zero-order chi connectivity index (χ0) is 27.5. The Hall–Kier alpha value is -0.790. The van der Waals surface area contributed by atoms with Gasteiger partial charge in [0, 0.05) is 0 Å². The molecule has 0 aliphatic carbocycles. The Labute approximate surface area is 240 Å². The lowest BCUT2D eigenvalue weighted by molar-refractivity contribution is -0.727. The van der Waals surface area contributed by atoms with Crippen molar-refractivity contribution in [2.24, 2.45) is 0 Å². The Morgan fingerprint density at radius 3 is 1.24 bits per heavy atom. The predicted octanol–water partition coefficient (Wildman–Crippen LogP) is 12.5. The molecular formula is C36H71N2+. The predicted molar refractivity (Wildman–Crippen MR) is 170 cm³/mol. The second-order valence-corrected chi connectivity index (χ2v) is 12.7. The molecule has 224 valence electrons. The first-order valence-electron chi connectivity index (χ1n) is 17.8. The van der Waals surface area contributed by atoms with Crippen molar-refractivity contribution in [1.82, 2.24) is 4.98 Å². The zero-order valence-electron chi connectivity index (χ0n) is 26.8. The summed E-state index contributed by atoms with van der Waals surface area (Å²) in [5.41, 5.74) is 0. The molecule has 0 bridgehead atoms. The number of hydrogen-bond donors (Lipinski definition) is 1. The van der Waals surface area contributed by atoms with Gasteiger partial charge in [-0.2, -0.15) is 0 Å². The molecule has 0 saturated heterocycles. The number of nitrogens with one attached hydrogen (secondary N) is 1. The second kappa shape index (κ2) is 26.4. The van der Waals surface area contributed by atoms with Gasteiger partial charge >= 0.3 is 0 Å². The van der Waals surface area contributed by atoms with Gasteiger partial charge in [-0.3, -0.25) is 0 Å². The van der Waals surface area contributed by atoms with Gasteiger partial charge in [0.05, 0.1) is 12.0 Å². The second-order valence-electron chi connectivity index (χ2n) is 12.7. The van der Waals surface area contributed by atoms with Crippen LogP contribution in [0.1, 0.15) is 219 Å². The maximum absolute atomic E-state index is 3.59. The summed E-state index contributed by atoms with van der Waals surface area (Å²) in [6.07, 6.45) is 43.0. The topological polar surface area (TPSA) is 19.7 Å². The minimum atomic E-state index is 0.619. The van der Waals surface area contributed by atoms with Gasteiger partial charge in [-0.25, -0.2) is 9.55 Å². The molecule has 2 unspecified atom stereocenters. The van der Waals surface area contributed by atoms with Crippen molar-refractivity contribution in [3.63, 3.8) is 0 Å². The number of rotatable bonds is 29. The number of nitrogens with zero attached hydrogens (tertiary/aromatic N) is 1. The summed E-state index contributed by atoms with van der Waals surface area (Å²) >= 11 is 0. The molecule has 1 aromatic heterocycles. The quantitative estimate of drug-likeness (QED) is 0.0783. The number of hydrogen-bond acceptors (Lipinski definition) is 0. The monoisotopic (exact) mass is 532 g/mol. The molecule has 0 saturated carbocycles. The van der Waals surface area contributed by atoms with Crippen molar-refractivity contribution in [1.29, 1.82) is 0 Å². The van der Waals surface area contributed by atoms with Crippen LogP contribution in [0.4, 0.5) is 0 Å². The normalized spacial score (nSPS) is 13.3. The summed E-state index contributed by atoms with van der Waals surface area (Å²) in [7, 11) is 0. The van der Waals surface area contributed by atoms with E-state index in [-0.39, 0.29) is 0 Å². The molecule has 1 N–H and O–H groups in total. The van der Waals surface area contributed by atoms with E-state index in [0.29, 0.717) is 12.0 Å². The van der Waals surface area contributed by atoms with Gasteiger partial charge in [-0.15, -0.1) is 0 Å². The lowest BCUT2D eigenvalue weighted by atomic mass is 9.99. The van der Waals surface area contributed by atoms with Crippen molar-refractivity contribution in [3.8, 4) is 0 Å². The van der Waals surface area contributed by atoms with Gasteiger partial charge < -0.3 is 0 Å². The number of aromatic nitrogens is 2. The van der Waals surface area contributed by atoms with Gasteiger partial charge in [-0.05, 0) is 26.2 Å². The van der Waals surface area contributed by atoms with Crippen LogP contribution >= 0.6 is 0 Å². The highest BCUT2D eigenvalue weighted by molar-refractivity contribution is 4.87. The molecule has 38 heavy (non-hydrogen) atoms. The van der Waals surface area contributed by atoms with E-state index in [1.807, 2.05) is 0 Å². The summed E-state index contributed by atoms with van der Waals surface area (Å²) in [4.78, 5) is 3.59. The number of H-pyrrole nitrogens is 1. The minimum absolute atomic E-state index is 0.619. The highest BCUT2D eigenvalue weighted by Gasteiger charge is 2.22. The van der Waals surface area contributed by atoms with Crippen LogP contribution in [0.5, 0.6) is 0 Å². The van der Waals surface area contributed by atoms with Crippen LogP contribution in [0.3, 0.4) is 0 Å². The average molecular weight is 532 g/mol. The van der Waals surface area contributed by atoms with Gasteiger partial charge in [0.25, 0.3) is 5.82 Å². The average Bonchev–Trinajstić information content (AvgIpc) is 3.42. The third-order valence-corrected chi connectivity index (χ3v) is 8.90. The molecule has 1 heterocycles. The lowest BCUT2D eigenvalue weighted by Crippen LogP contribution is -2.40. The van der Waals surface area contributed by atoms with E-state index in [2.05, 4.69) is 49.6 Å². The molecule has 0 fully saturated rings.